The lowest BCUT2D eigenvalue weighted by Crippen LogP contribution is -2.51. The Kier molecular flexibility index (Phi) is 5.39. The minimum absolute atomic E-state index is 0.0442. The average molecular weight is 420 g/mol. The van der Waals surface area contributed by atoms with Crippen LogP contribution in [0.4, 0.5) is 28.0 Å². The monoisotopic (exact) mass is 420 g/mol. The van der Waals surface area contributed by atoms with Gasteiger partial charge in [-0.1, -0.05) is 12.1 Å². The largest absolute Gasteiger partial charge is 0.417 e. The lowest BCUT2D eigenvalue weighted by atomic mass is 10.0. The van der Waals surface area contributed by atoms with Crippen LogP contribution in [-0.2, 0) is 17.5 Å². The van der Waals surface area contributed by atoms with Crippen molar-refractivity contribution in [3.8, 4) is 6.07 Å². The number of rotatable bonds is 4. The smallest absolute Gasteiger partial charge is 0.324 e. The summed E-state index contributed by atoms with van der Waals surface area (Å²) in [6.07, 6.45) is -4.76. The van der Waals surface area contributed by atoms with E-state index in [9.17, 15) is 27.2 Å². The van der Waals surface area contributed by atoms with Crippen molar-refractivity contribution in [1.82, 2.24) is 10.2 Å². The second kappa shape index (κ2) is 7.67. The van der Waals surface area contributed by atoms with E-state index in [1.165, 1.54) is 48.2 Å². The quantitative estimate of drug-likeness (QED) is 0.741. The number of nitrogens with zero attached hydrogens (tertiary/aromatic N) is 2. The van der Waals surface area contributed by atoms with Crippen molar-refractivity contribution in [3.63, 3.8) is 0 Å². The molecule has 0 radical (unpaired) electrons. The first-order valence-corrected chi connectivity index (χ1v) is 8.76. The SMILES string of the molecule is CC1(C(=O)Nc2ccc(C#N)c(C(F)(F)F)c2)CN(Cc2ccc(F)cc2)C(=O)N1. The first-order chi connectivity index (χ1) is 14.0. The maximum Gasteiger partial charge on any atom is 0.417 e. The number of halogens is 4. The summed E-state index contributed by atoms with van der Waals surface area (Å²) in [5.41, 5.74) is -2.63. The summed E-state index contributed by atoms with van der Waals surface area (Å²) < 4.78 is 52.4. The normalized spacial score (nSPS) is 18.7. The van der Waals surface area contributed by atoms with Crippen LogP contribution in [-0.4, -0.2) is 28.9 Å². The van der Waals surface area contributed by atoms with Crippen molar-refractivity contribution in [2.24, 2.45) is 0 Å². The highest BCUT2D eigenvalue weighted by Gasteiger charge is 2.44. The van der Waals surface area contributed by atoms with E-state index in [1.54, 1.807) is 0 Å². The van der Waals surface area contributed by atoms with Gasteiger partial charge < -0.3 is 15.5 Å². The van der Waals surface area contributed by atoms with Crippen molar-refractivity contribution in [3.05, 3.63) is 65.0 Å². The highest BCUT2D eigenvalue weighted by atomic mass is 19.4. The molecule has 2 aromatic carbocycles. The Morgan fingerprint density at radius 1 is 1.27 bits per heavy atom. The fourth-order valence-electron chi connectivity index (χ4n) is 3.10. The number of hydrogen-bond acceptors (Lipinski definition) is 3. The fraction of sp³-hybridized carbons (Fsp3) is 0.250. The van der Waals surface area contributed by atoms with Gasteiger partial charge in [0, 0.05) is 12.2 Å². The maximum absolute atomic E-state index is 13.1. The van der Waals surface area contributed by atoms with Crippen LogP contribution in [0.1, 0.15) is 23.6 Å². The lowest BCUT2D eigenvalue weighted by molar-refractivity contribution is -0.137. The van der Waals surface area contributed by atoms with E-state index in [4.69, 9.17) is 5.26 Å². The lowest BCUT2D eigenvalue weighted by Gasteiger charge is -2.23. The number of hydrogen-bond donors (Lipinski definition) is 2. The highest BCUT2D eigenvalue weighted by Crippen LogP contribution is 2.33. The fourth-order valence-corrected chi connectivity index (χ4v) is 3.10. The summed E-state index contributed by atoms with van der Waals surface area (Å²) in [4.78, 5) is 26.3. The molecule has 156 valence electrons. The van der Waals surface area contributed by atoms with Crippen LogP contribution in [0.25, 0.3) is 0 Å². The number of urea groups is 1. The van der Waals surface area contributed by atoms with Crippen LogP contribution in [0.15, 0.2) is 42.5 Å². The molecule has 1 aliphatic rings. The summed E-state index contributed by atoms with van der Waals surface area (Å²) in [7, 11) is 0. The molecule has 6 nitrogen and oxygen atoms in total. The summed E-state index contributed by atoms with van der Waals surface area (Å²) in [5.74, 6) is -1.13. The van der Waals surface area contributed by atoms with E-state index in [2.05, 4.69) is 10.6 Å². The molecule has 2 N–H and O–H groups in total. The van der Waals surface area contributed by atoms with Gasteiger partial charge in [0.1, 0.15) is 11.4 Å². The van der Waals surface area contributed by atoms with Gasteiger partial charge in [-0.15, -0.1) is 0 Å². The molecular formula is C20H16F4N4O2. The molecule has 1 saturated heterocycles. The predicted octanol–water partition coefficient (Wildman–Crippen LogP) is 3.64. The van der Waals surface area contributed by atoms with Gasteiger partial charge in [0.2, 0.25) is 0 Å². The van der Waals surface area contributed by atoms with Crippen molar-refractivity contribution in [2.75, 3.05) is 11.9 Å². The van der Waals surface area contributed by atoms with E-state index < -0.39 is 40.6 Å². The van der Waals surface area contributed by atoms with Gasteiger partial charge in [0.25, 0.3) is 5.91 Å². The standard InChI is InChI=1S/C20H16F4N4O2/c1-19(11-28(18(30)27-19)10-12-2-5-14(21)6-3-12)17(29)26-15-7-4-13(9-25)16(8-15)20(22,23)24/h2-8H,10-11H2,1H3,(H,26,29)(H,27,30). The number of carbonyl (C=O) groups is 2. The zero-order chi connectivity index (χ0) is 22.1. The van der Waals surface area contributed by atoms with Crippen molar-refractivity contribution >= 4 is 17.6 Å². The third-order valence-electron chi connectivity index (χ3n) is 4.67. The zero-order valence-electron chi connectivity index (χ0n) is 15.7. The van der Waals surface area contributed by atoms with Gasteiger partial charge in [-0.05, 0) is 42.8 Å². The Labute approximate surface area is 169 Å². The predicted molar refractivity (Wildman–Crippen MR) is 98.5 cm³/mol. The molecule has 3 rings (SSSR count). The number of alkyl halides is 3. The summed E-state index contributed by atoms with van der Waals surface area (Å²) in [6.45, 7) is 1.53. The molecule has 3 amide bonds. The number of nitriles is 1. The van der Waals surface area contributed by atoms with Crippen molar-refractivity contribution < 1.29 is 27.2 Å². The third kappa shape index (κ3) is 4.35. The molecule has 0 aliphatic carbocycles. The molecule has 1 aliphatic heterocycles. The molecule has 10 heteroatoms. The minimum Gasteiger partial charge on any atom is -0.324 e. The van der Waals surface area contributed by atoms with E-state index in [0.717, 1.165) is 6.07 Å². The van der Waals surface area contributed by atoms with Crippen LogP contribution < -0.4 is 10.6 Å². The molecule has 1 unspecified atom stereocenters. The number of anilines is 1. The molecule has 0 aromatic heterocycles. The van der Waals surface area contributed by atoms with Gasteiger partial charge in [0.15, 0.2) is 0 Å². The number of amides is 3. The van der Waals surface area contributed by atoms with Crippen LogP contribution in [0.5, 0.6) is 0 Å². The first kappa shape index (κ1) is 21.1. The Morgan fingerprint density at radius 2 is 1.93 bits per heavy atom. The van der Waals surface area contributed by atoms with Gasteiger partial charge in [-0.25, -0.2) is 9.18 Å². The second-order valence-corrected chi connectivity index (χ2v) is 7.07. The number of carbonyl (C=O) groups excluding carboxylic acids is 2. The molecule has 1 heterocycles. The van der Waals surface area contributed by atoms with E-state index in [-0.39, 0.29) is 18.8 Å². The molecule has 2 aromatic rings. The van der Waals surface area contributed by atoms with Gasteiger partial charge in [0.05, 0.1) is 23.7 Å². The summed E-state index contributed by atoms with van der Waals surface area (Å²) >= 11 is 0. The van der Waals surface area contributed by atoms with Gasteiger partial charge >= 0.3 is 12.2 Å². The molecule has 0 bridgehead atoms. The molecule has 1 atom stereocenters. The summed E-state index contributed by atoms with van der Waals surface area (Å²) in [6, 6.07) is 9.26. The zero-order valence-corrected chi connectivity index (χ0v) is 15.7. The van der Waals surface area contributed by atoms with Crippen molar-refractivity contribution in [1.29, 1.82) is 5.26 Å². The van der Waals surface area contributed by atoms with Crippen molar-refractivity contribution in [2.45, 2.75) is 25.2 Å². The van der Waals surface area contributed by atoms with E-state index in [1.807, 2.05) is 0 Å². The highest BCUT2D eigenvalue weighted by molar-refractivity contribution is 6.02. The molecule has 1 fully saturated rings. The molecule has 0 spiro atoms. The molecule has 0 saturated carbocycles. The van der Waals surface area contributed by atoms with Crippen LogP contribution in [0.2, 0.25) is 0 Å². The Balaban J connectivity index is 1.75. The number of nitrogens with one attached hydrogen (secondary N) is 2. The average Bonchev–Trinajstić information content (AvgIpc) is 2.97. The molecular weight excluding hydrogens is 404 g/mol. The van der Waals surface area contributed by atoms with Crippen LogP contribution in [0, 0.1) is 17.1 Å². The topological polar surface area (TPSA) is 85.2 Å². The van der Waals surface area contributed by atoms with E-state index in [0.29, 0.717) is 11.6 Å². The van der Waals surface area contributed by atoms with E-state index >= 15 is 0 Å². The second-order valence-electron chi connectivity index (χ2n) is 7.07. The van der Waals surface area contributed by atoms with Gasteiger partial charge in [-0.2, -0.15) is 18.4 Å². The Morgan fingerprint density at radius 3 is 2.53 bits per heavy atom. The Bertz CT molecular complexity index is 1030. The Hall–Kier alpha value is -3.61. The van der Waals surface area contributed by atoms with Gasteiger partial charge in [-0.3, -0.25) is 4.79 Å². The number of benzene rings is 2. The minimum atomic E-state index is -4.76. The van der Waals surface area contributed by atoms with Crippen LogP contribution in [0.3, 0.4) is 0 Å². The molecule has 30 heavy (non-hydrogen) atoms. The first-order valence-electron chi connectivity index (χ1n) is 8.76. The summed E-state index contributed by atoms with van der Waals surface area (Å²) in [5, 5.41) is 13.7. The van der Waals surface area contributed by atoms with Crippen LogP contribution >= 0.6 is 0 Å². The third-order valence-corrected chi connectivity index (χ3v) is 4.67. The maximum atomic E-state index is 13.1.